The molecule has 46 heavy (non-hydrogen) atoms. The Hall–Kier alpha value is -4.47. The van der Waals surface area contributed by atoms with Crippen LogP contribution in [0.1, 0.15) is 52.7 Å². The van der Waals surface area contributed by atoms with Crippen molar-refractivity contribution in [2.45, 2.75) is 52.4 Å². The molecule has 0 fully saturated rings. The number of hydrogen-bond acceptors (Lipinski definition) is 1. The highest BCUT2D eigenvalue weighted by molar-refractivity contribution is 6.90. The van der Waals surface area contributed by atoms with Crippen LogP contribution >= 0.6 is 11.6 Å². The van der Waals surface area contributed by atoms with E-state index in [1.807, 2.05) is 6.07 Å². The first-order chi connectivity index (χ1) is 22.0. The zero-order valence-corrected chi connectivity index (χ0v) is 28.0. The normalized spacial score (nSPS) is 13.9. The first-order valence-corrected chi connectivity index (χ1v) is 16.7. The van der Waals surface area contributed by atoms with Crippen LogP contribution in [0.15, 0.2) is 109 Å². The lowest BCUT2D eigenvalue weighted by molar-refractivity contribution is 0.590. The summed E-state index contributed by atoms with van der Waals surface area (Å²) in [5, 5.41) is 5.99. The standard InChI is InChI=1S/C42H36BClN2/c1-41(2,3)26-18-20-35-34(22-26)43-39-33(21-27(42(4,5)6)23-37(39)45(35)29-13-9-12-28(44)24-29)31-15-10-16-32-38-30-14-8-7-11-25(30)17-19-36(38)46(43)40(31)32/h7-24H,1-6H3. The molecule has 0 unspecified atom stereocenters. The Balaban J connectivity index is 1.50. The molecule has 1 aromatic heterocycles. The van der Waals surface area contributed by atoms with Crippen molar-refractivity contribution < 1.29 is 0 Å². The fraction of sp³-hybridized carbons (Fsp3) is 0.190. The zero-order valence-electron chi connectivity index (χ0n) is 27.2. The molecule has 9 rings (SSSR count). The molecule has 2 aliphatic rings. The molecule has 0 saturated heterocycles. The average Bonchev–Trinajstić information content (AvgIpc) is 3.37. The number of benzene rings is 6. The monoisotopic (exact) mass is 614 g/mol. The van der Waals surface area contributed by atoms with Crippen LogP contribution in [0, 0.1) is 0 Å². The van der Waals surface area contributed by atoms with Gasteiger partial charge in [-0.2, -0.15) is 0 Å². The number of aromatic nitrogens is 1. The minimum absolute atomic E-state index is 0.00592. The molecule has 0 aliphatic carbocycles. The summed E-state index contributed by atoms with van der Waals surface area (Å²) < 4.78 is 2.66. The van der Waals surface area contributed by atoms with Crippen molar-refractivity contribution in [2.24, 2.45) is 0 Å². The van der Waals surface area contributed by atoms with E-state index in [-0.39, 0.29) is 17.7 Å². The first kappa shape index (κ1) is 27.8. The molecule has 2 nitrogen and oxygen atoms in total. The lowest BCUT2D eigenvalue weighted by atomic mass is 9.44. The van der Waals surface area contributed by atoms with Gasteiger partial charge in [-0.05, 0) is 85.6 Å². The summed E-state index contributed by atoms with van der Waals surface area (Å²) in [6.07, 6.45) is 0. The van der Waals surface area contributed by atoms with Crippen LogP contribution in [-0.2, 0) is 10.8 Å². The van der Waals surface area contributed by atoms with Crippen molar-refractivity contribution in [2.75, 3.05) is 4.90 Å². The summed E-state index contributed by atoms with van der Waals surface area (Å²) >= 11 is 6.69. The largest absolute Gasteiger partial charge is 0.375 e. The summed E-state index contributed by atoms with van der Waals surface area (Å²) in [6, 6.07) is 40.8. The van der Waals surface area contributed by atoms with Crippen LogP contribution in [-0.4, -0.2) is 11.3 Å². The third kappa shape index (κ3) is 3.79. The Bertz CT molecular complexity index is 2420. The Morgan fingerprint density at radius 1 is 0.609 bits per heavy atom. The van der Waals surface area contributed by atoms with E-state index in [2.05, 4.69) is 154 Å². The highest BCUT2D eigenvalue weighted by Gasteiger charge is 2.44. The Morgan fingerprint density at radius 3 is 2.15 bits per heavy atom. The van der Waals surface area contributed by atoms with Crippen molar-refractivity contribution in [1.29, 1.82) is 0 Å². The zero-order chi connectivity index (χ0) is 31.7. The fourth-order valence-corrected chi connectivity index (χ4v) is 8.20. The van der Waals surface area contributed by atoms with Gasteiger partial charge in [-0.1, -0.05) is 126 Å². The third-order valence-corrected chi connectivity index (χ3v) is 10.5. The average molecular weight is 615 g/mol. The molecule has 7 aromatic rings. The third-order valence-electron chi connectivity index (χ3n) is 10.3. The topological polar surface area (TPSA) is 8.17 Å². The molecule has 224 valence electrons. The SMILES string of the molecule is CC(C)(C)c1ccc2c(c1)B1c3c(cc(C(C)(C)C)cc3N2c2cccc(Cl)c2)-c2cccc3c4c5ccccc5ccc4n1c23. The molecular weight excluding hydrogens is 579 g/mol. The van der Waals surface area contributed by atoms with Gasteiger partial charge in [0.05, 0.1) is 0 Å². The van der Waals surface area contributed by atoms with Crippen molar-refractivity contribution in [3.8, 4) is 11.1 Å². The number of para-hydroxylation sites is 1. The second-order valence-corrected chi connectivity index (χ2v) is 15.6. The van der Waals surface area contributed by atoms with Crippen molar-refractivity contribution in [1.82, 2.24) is 4.48 Å². The highest BCUT2D eigenvalue weighted by atomic mass is 35.5. The molecule has 0 spiro atoms. The van der Waals surface area contributed by atoms with E-state index in [4.69, 9.17) is 11.6 Å². The van der Waals surface area contributed by atoms with Gasteiger partial charge in [0.25, 0.3) is 0 Å². The summed E-state index contributed by atoms with van der Waals surface area (Å²) in [5.74, 6) is 0. The number of fused-ring (bicyclic) bond motifs is 9. The molecule has 4 heteroatoms. The number of hydrogen-bond donors (Lipinski definition) is 0. The molecule has 6 aromatic carbocycles. The minimum Gasteiger partial charge on any atom is -0.375 e. The van der Waals surface area contributed by atoms with Gasteiger partial charge in [0, 0.05) is 49.5 Å². The first-order valence-electron chi connectivity index (χ1n) is 16.3. The van der Waals surface area contributed by atoms with Crippen LogP contribution in [0.2, 0.25) is 5.02 Å². The predicted molar refractivity (Wildman–Crippen MR) is 200 cm³/mol. The van der Waals surface area contributed by atoms with Gasteiger partial charge in [0.2, 0.25) is 0 Å². The number of rotatable bonds is 1. The second kappa shape index (κ2) is 9.30. The van der Waals surface area contributed by atoms with Crippen LogP contribution in [0.5, 0.6) is 0 Å². The van der Waals surface area contributed by atoms with Crippen LogP contribution in [0.4, 0.5) is 17.1 Å². The lowest BCUT2D eigenvalue weighted by Gasteiger charge is -2.42. The molecule has 0 amide bonds. The van der Waals surface area contributed by atoms with Crippen LogP contribution in [0.3, 0.4) is 0 Å². The van der Waals surface area contributed by atoms with Gasteiger partial charge in [0.1, 0.15) is 0 Å². The van der Waals surface area contributed by atoms with Crippen molar-refractivity contribution in [3.63, 3.8) is 0 Å². The molecule has 0 radical (unpaired) electrons. The molecule has 0 N–H and O–H groups in total. The van der Waals surface area contributed by atoms with E-state index in [0.717, 1.165) is 10.7 Å². The van der Waals surface area contributed by atoms with Gasteiger partial charge < -0.3 is 9.38 Å². The van der Waals surface area contributed by atoms with Crippen LogP contribution in [0.25, 0.3) is 43.7 Å². The molecular formula is C42H36BClN2. The molecule has 0 bridgehead atoms. The maximum atomic E-state index is 6.69. The van der Waals surface area contributed by atoms with Crippen molar-refractivity contribution >= 4 is 79.0 Å². The summed E-state index contributed by atoms with van der Waals surface area (Å²) in [5.41, 5.74) is 14.1. The highest BCUT2D eigenvalue weighted by Crippen LogP contribution is 2.48. The van der Waals surface area contributed by atoms with Gasteiger partial charge >= 0.3 is 6.85 Å². The summed E-state index contributed by atoms with van der Waals surface area (Å²) in [4.78, 5) is 2.46. The van der Waals surface area contributed by atoms with E-state index >= 15 is 0 Å². The maximum absolute atomic E-state index is 6.69. The maximum Gasteiger partial charge on any atom is 0.333 e. The quantitative estimate of drug-likeness (QED) is 0.167. The molecule has 3 heterocycles. The van der Waals surface area contributed by atoms with Gasteiger partial charge in [0.15, 0.2) is 0 Å². The molecule has 2 aliphatic heterocycles. The number of halogens is 1. The lowest BCUT2D eigenvalue weighted by Crippen LogP contribution is -2.57. The molecule has 0 saturated carbocycles. The van der Waals surface area contributed by atoms with Gasteiger partial charge in [-0.15, -0.1) is 0 Å². The summed E-state index contributed by atoms with van der Waals surface area (Å²) in [6.45, 7) is 13.9. The van der Waals surface area contributed by atoms with E-state index in [1.165, 1.54) is 77.1 Å². The Morgan fingerprint density at radius 2 is 1.37 bits per heavy atom. The molecule has 0 atom stereocenters. The van der Waals surface area contributed by atoms with E-state index in [1.54, 1.807) is 0 Å². The number of nitrogens with zero attached hydrogens (tertiary/aromatic N) is 2. The summed E-state index contributed by atoms with van der Waals surface area (Å²) in [7, 11) is 0. The minimum atomic E-state index is -0.0361. The van der Waals surface area contributed by atoms with Crippen molar-refractivity contribution in [3.05, 3.63) is 125 Å². The predicted octanol–water partition coefficient (Wildman–Crippen LogP) is 10.6. The van der Waals surface area contributed by atoms with E-state index < -0.39 is 0 Å². The Kier molecular flexibility index (Phi) is 5.62. The smallest absolute Gasteiger partial charge is 0.333 e. The van der Waals surface area contributed by atoms with Crippen LogP contribution < -0.4 is 15.8 Å². The fourth-order valence-electron chi connectivity index (χ4n) is 8.01. The van der Waals surface area contributed by atoms with Gasteiger partial charge in [-0.25, -0.2) is 0 Å². The van der Waals surface area contributed by atoms with Gasteiger partial charge in [-0.3, -0.25) is 0 Å². The second-order valence-electron chi connectivity index (χ2n) is 15.2. The Labute approximate surface area is 276 Å². The van der Waals surface area contributed by atoms with E-state index in [0.29, 0.717) is 0 Å². The number of anilines is 3. The van der Waals surface area contributed by atoms with E-state index in [9.17, 15) is 0 Å².